The zero-order valence-corrected chi connectivity index (χ0v) is 19.4. The fraction of sp³-hybridized carbons (Fsp3) is 0.259. The van der Waals surface area contributed by atoms with Gasteiger partial charge in [0, 0.05) is 43.1 Å². The van der Waals surface area contributed by atoms with Crippen LogP contribution in [0.5, 0.6) is 0 Å². The van der Waals surface area contributed by atoms with Gasteiger partial charge in [0.2, 0.25) is 5.91 Å². The average Bonchev–Trinajstić information content (AvgIpc) is 3.16. The van der Waals surface area contributed by atoms with E-state index in [2.05, 4.69) is 0 Å². The van der Waals surface area contributed by atoms with Crippen LogP contribution in [0.15, 0.2) is 69.8 Å². The van der Waals surface area contributed by atoms with E-state index in [9.17, 15) is 19.2 Å². The Hall–Kier alpha value is -4.00. The molecule has 0 saturated heterocycles. The Morgan fingerprint density at radius 3 is 2.21 bits per heavy atom. The summed E-state index contributed by atoms with van der Waals surface area (Å²) in [5.41, 5.74) is 2.02. The zero-order valence-electron chi connectivity index (χ0n) is 19.4. The predicted molar refractivity (Wildman–Crippen MR) is 130 cm³/mol. The molecule has 2 aliphatic rings. The smallest absolute Gasteiger partial charge is 0.289 e. The van der Waals surface area contributed by atoms with Gasteiger partial charge >= 0.3 is 5.69 Å². The number of rotatable bonds is 4. The third kappa shape index (κ3) is 2.96. The van der Waals surface area contributed by atoms with Gasteiger partial charge in [-0.25, -0.2) is 4.79 Å². The topological polar surface area (TPSA) is 81.4 Å². The maximum Gasteiger partial charge on any atom is 0.332 e. The number of amides is 1. The molecule has 1 aliphatic carbocycles. The summed E-state index contributed by atoms with van der Waals surface area (Å²) in [7, 11) is 2.99. The van der Waals surface area contributed by atoms with Crippen LogP contribution in [0.1, 0.15) is 59.2 Å². The third-order valence-corrected chi connectivity index (χ3v) is 6.73. The van der Waals surface area contributed by atoms with Crippen molar-refractivity contribution >= 4 is 23.2 Å². The SMILES string of the molecule is CCCCC(=O)N1C2=C(C(=O)c3ccccc32)[C@H](c2ccccc2)c2c1n(C)c(=O)n(C)c2=O. The van der Waals surface area contributed by atoms with Gasteiger partial charge in [0.15, 0.2) is 5.78 Å². The van der Waals surface area contributed by atoms with E-state index in [0.29, 0.717) is 28.8 Å². The molecule has 172 valence electrons. The minimum absolute atomic E-state index is 0.200. The second-order valence-corrected chi connectivity index (χ2v) is 8.76. The first-order chi connectivity index (χ1) is 16.4. The van der Waals surface area contributed by atoms with E-state index in [-0.39, 0.29) is 29.5 Å². The lowest BCUT2D eigenvalue weighted by atomic mass is 9.81. The van der Waals surface area contributed by atoms with Crippen molar-refractivity contribution in [2.45, 2.75) is 32.1 Å². The number of nitrogens with zero attached hydrogens (tertiary/aromatic N) is 3. The highest BCUT2D eigenvalue weighted by Crippen LogP contribution is 2.51. The summed E-state index contributed by atoms with van der Waals surface area (Å²) in [6.45, 7) is 1.99. The number of Topliss-reactive ketones (excluding diaryl/α,β-unsaturated/α-hetero) is 1. The average molecular weight is 456 g/mol. The summed E-state index contributed by atoms with van der Waals surface area (Å²) in [4.78, 5) is 55.5. The highest BCUT2D eigenvalue weighted by Gasteiger charge is 2.47. The molecule has 0 N–H and O–H groups in total. The number of unbranched alkanes of at least 4 members (excludes halogenated alkanes) is 1. The first-order valence-electron chi connectivity index (χ1n) is 11.4. The number of benzene rings is 2. The number of hydrogen-bond acceptors (Lipinski definition) is 4. The van der Waals surface area contributed by atoms with E-state index in [1.165, 1.54) is 16.5 Å². The summed E-state index contributed by atoms with van der Waals surface area (Å²) in [5, 5.41) is 0. The summed E-state index contributed by atoms with van der Waals surface area (Å²) in [6, 6.07) is 16.5. The molecule has 1 atom stereocenters. The Morgan fingerprint density at radius 1 is 0.882 bits per heavy atom. The van der Waals surface area contributed by atoms with E-state index < -0.39 is 17.2 Å². The van der Waals surface area contributed by atoms with Crippen molar-refractivity contribution in [3.8, 4) is 0 Å². The zero-order chi connectivity index (χ0) is 24.1. The molecule has 0 saturated carbocycles. The Morgan fingerprint density at radius 2 is 1.53 bits per heavy atom. The summed E-state index contributed by atoms with van der Waals surface area (Å²) >= 11 is 0. The van der Waals surface area contributed by atoms with Gasteiger partial charge in [0.1, 0.15) is 5.82 Å². The normalized spacial score (nSPS) is 16.4. The highest BCUT2D eigenvalue weighted by molar-refractivity contribution is 6.27. The van der Waals surface area contributed by atoms with Gasteiger partial charge in [-0.3, -0.25) is 28.4 Å². The lowest BCUT2D eigenvalue weighted by molar-refractivity contribution is -0.118. The van der Waals surface area contributed by atoms with Crippen molar-refractivity contribution < 1.29 is 9.59 Å². The summed E-state index contributed by atoms with van der Waals surface area (Å²) < 4.78 is 2.40. The van der Waals surface area contributed by atoms with Gasteiger partial charge in [0.25, 0.3) is 5.56 Å². The van der Waals surface area contributed by atoms with Crippen LogP contribution in [0.2, 0.25) is 0 Å². The van der Waals surface area contributed by atoms with Crippen LogP contribution in [0.4, 0.5) is 5.82 Å². The van der Waals surface area contributed by atoms with E-state index in [1.807, 2.05) is 49.4 Å². The molecule has 34 heavy (non-hydrogen) atoms. The molecule has 3 aromatic rings. The van der Waals surface area contributed by atoms with Crippen molar-refractivity contribution in [2.75, 3.05) is 4.90 Å². The number of carbonyl (C=O) groups excluding carboxylic acids is 2. The number of ketones is 1. The second-order valence-electron chi connectivity index (χ2n) is 8.76. The number of fused-ring (bicyclic) bond motifs is 3. The molecular formula is C27H25N3O4. The Labute approximate surface area is 196 Å². The van der Waals surface area contributed by atoms with Crippen LogP contribution in [-0.4, -0.2) is 20.8 Å². The van der Waals surface area contributed by atoms with Crippen LogP contribution in [0.25, 0.3) is 5.70 Å². The molecule has 0 fully saturated rings. The lowest BCUT2D eigenvalue weighted by Gasteiger charge is -2.36. The van der Waals surface area contributed by atoms with E-state index in [1.54, 1.807) is 19.2 Å². The molecule has 2 aromatic carbocycles. The third-order valence-electron chi connectivity index (χ3n) is 6.73. The maximum atomic E-state index is 13.8. The van der Waals surface area contributed by atoms with E-state index in [0.717, 1.165) is 16.6 Å². The Bertz CT molecular complexity index is 1490. The predicted octanol–water partition coefficient (Wildman–Crippen LogP) is 3.36. The number of hydrogen-bond donors (Lipinski definition) is 0. The van der Waals surface area contributed by atoms with Crippen molar-refractivity contribution in [1.82, 2.24) is 9.13 Å². The van der Waals surface area contributed by atoms with Gasteiger partial charge < -0.3 is 0 Å². The minimum atomic E-state index is -0.702. The first-order valence-corrected chi connectivity index (χ1v) is 11.4. The molecule has 1 aliphatic heterocycles. The largest absolute Gasteiger partial charge is 0.332 e. The molecule has 0 unspecified atom stereocenters. The van der Waals surface area contributed by atoms with Gasteiger partial charge in [-0.05, 0) is 12.0 Å². The summed E-state index contributed by atoms with van der Waals surface area (Å²) in [5.74, 6) is -0.901. The number of carbonyl (C=O) groups is 2. The quantitative estimate of drug-likeness (QED) is 0.604. The summed E-state index contributed by atoms with van der Waals surface area (Å²) in [6.07, 6.45) is 1.71. The van der Waals surface area contributed by atoms with Crippen molar-refractivity contribution in [3.05, 3.63) is 103 Å². The van der Waals surface area contributed by atoms with Gasteiger partial charge in [-0.15, -0.1) is 0 Å². The van der Waals surface area contributed by atoms with Crippen LogP contribution in [0.3, 0.4) is 0 Å². The van der Waals surface area contributed by atoms with Crippen LogP contribution in [-0.2, 0) is 18.9 Å². The molecule has 7 heteroatoms. The number of allylic oxidation sites excluding steroid dienone is 1. The van der Waals surface area contributed by atoms with Crippen LogP contribution >= 0.6 is 0 Å². The van der Waals surface area contributed by atoms with Crippen molar-refractivity contribution in [3.63, 3.8) is 0 Å². The van der Waals surface area contributed by atoms with Gasteiger partial charge in [-0.1, -0.05) is 67.9 Å². The van der Waals surface area contributed by atoms with Crippen molar-refractivity contribution in [2.24, 2.45) is 14.1 Å². The fourth-order valence-electron chi connectivity index (χ4n) is 5.09. The molecule has 7 nitrogen and oxygen atoms in total. The van der Waals surface area contributed by atoms with Crippen LogP contribution < -0.4 is 16.1 Å². The highest BCUT2D eigenvalue weighted by atomic mass is 16.2. The second kappa shape index (κ2) is 8.09. The molecule has 0 radical (unpaired) electrons. The molecule has 5 rings (SSSR count). The standard InChI is InChI=1S/C27H25N3O4/c1-4-5-15-19(31)30-23-17-13-9-10-14-18(17)24(32)21(23)20(16-11-7-6-8-12-16)22-25(30)28(2)27(34)29(3)26(22)33/h6-14,20H,4-5,15H2,1-3H3/t20-/m0/s1. The van der Waals surface area contributed by atoms with E-state index >= 15 is 0 Å². The molecule has 0 spiro atoms. The minimum Gasteiger partial charge on any atom is -0.289 e. The van der Waals surface area contributed by atoms with Gasteiger partial charge in [0.05, 0.1) is 11.3 Å². The molecule has 1 aromatic heterocycles. The monoisotopic (exact) mass is 455 g/mol. The number of anilines is 1. The van der Waals surface area contributed by atoms with E-state index in [4.69, 9.17) is 0 Å². The van der Waals surface area contributed by atoms with Crippen molar-refractivity contribution in [1.29, 1.82) is 0 Å². The Balaban J connectivity index is 1.93. The fourth-order valence-corrected chi connectivity index (χ4v) is 5.09. The molecule has 0 bridgehead atoms. The van der Waals surface area contributed by atoms with Gasteiger partial charge in [-0.2, -0.15) is 0 Å². The molecule has 2 heterocycles. The first kappa shape index (κ1) is 21.8. The maximum absolute atomic E-state index is 13.8. The molecule has 1 amide bonds. The van der Waals surface area contributed by atoms with Crippen LogP contribution in [0, 0.1) is 0 Å². The molecular weight excluding hydrogens is 430 g/mol. The Kier molecular flexibility index (Phi) is 5.20. The lowest BCUT2D eigenvalue weighted by Crippen LogP contribution is -2.47. The number of aromatic nitrogens is 2.